The van der Waals surface area contributed by atoms with Crippen LogP contribution < -0.4 is 10.6 Å². The maximum absolute atomic E-state index is 14.2. The predicted octanol–water partition coefficient (Wildman–Crippen LogP) is 3.16. The summed E-state index contributed by atoms with van der Waals surface area (Å²) in [6.07, 6.45) is 0. The molecule has 0 aliphatic rings. The molecule has 10 heteroatoms. The number of anilines is 1. The Kier molecular flexibility index (Phi) is 6.41. The zero-order valence-electron chi connectivity index (χ0n) is 16.6. The molecule has 1 atom stereocenters. The van der Waals surface area contributed by atoms with E-state index in [4.69, 9.17) is 11.6 Å². The zero-order chi connectivity index (χ0) is 21.8. The van der Waals surface area contributed by atoms with Crippen LogP contribution in [-0.2, 0) is 4.79 Å². The summed E-state index contributed by atoms with van der Waals surface area (Å²) in [5, 5.41) is 16.7. The van der Waals surface area contributed by atoms with Crippen molar-refractivity contribution in [2.45, 2.75) is 26.8 Å². The van der Waals surface area contributed by atoms with Gasteiger partial charge in [0, 0.05) is 5.69 Å². The number of aryl methyl sites for hydroxylation is 1. The molecule has 2 amide bonds. The predicted molar refractivity (Wildman–Crippen MR) is 110 cm³/mol. The molecule has 8 nitrogen and oxygen atoms in total. The molecule has 2 N–H and O–H groups in total. The van der Waals surface area contributed by atoms with Crippen molar-refractivity contribution in [3.05, 3.63) is 64.7 Å². The lowest BCUT2D eigenvalue weighted by atomic mass is 10.0. The average molecular weight is 431 g/mol. The van der Waals surface area contributed by atoms with Crippen LogP contribution in [0, 0.1) is 18.7 Å². The molecular formula is C20H20ClFN6O2. The van der Waals surface area contributed by atoms with Crippen molar-refractivity contribution >= 4 is 29.1 Å². The summed E-state index contributed by atoms with van der Waals surface area (Å²) in [6.45, 7) is 5.24. The van der Waals surface area contributed by atoms with Crippen molar-refractivity contribution in [2.24, 2.45) is 5.92 Å². The molecule has 0 saturated carbocycles. The third kappa shape index (κ3) is 4.62. The highest BCUT2D eigenvalue weighted by atomic mass is 35.5. The Bertz CT molecular complexity index is 1080. The largest absolute Gasteiger partial charge is 0.340 e. The molecule has 0 aliphatic heterocycles. The van der Waals surface area contributed by atoms with E-state index in [2.05, 4.69) is 26.2 Å². The highest BCUT2D eigenvalue weighted by Gasteiger charge is 2.26. The van der Waals surface area contributed by atoms with E-state index in [1.54, 1.807) is 45.0 Å². The van der Waals surface area contributed by atoms with E-state index >= 15 is 0 Å². The van der Waals surface area contributed by atoms with Crippen molar-refractivity contribution < 1.29 is 14.0 Å². The number of carbonyl (C=O) groups is 2. The van der Waals surface area contributed by atoms with Crippen molar-refractivity contribution in [2.75, 3.05) is 5.32 Å². The van der Waals surface area contributed by atoms with Crippen LogP contribution in [0.5, 0.6) is 0 Å². The van der Waals surface area contributed by atoms with Gasteiger partial charge in [-0.15, -0.1) is 5.10 Å². The molecule has 3 rings (SSSR count). The van der Waals surface area contributed by atoms with Crippen LogP contribution in [0.15, 0.2) is 42.5 Å². The van der Waals surface area contributed by atoms with Gasteiger partial charge in [-0.2, -0.15) is 4.68 Å². The van der Waals surface area contributed by atoms with Gasteiger partial charge in [0.05, 0.1) is 10.6 Å². The molecule has 3 aromatic rings. The van der Waals surface area contributed by atoms with Crippen molar-refractivity contribution in [3.63, 3.8) is 0 Å². The summed E-state index contributed by atoms with van der Waals surface area (Å²) in [5.74, 6) is -1.27. The van der Waals surface area contributed by atoms with Crippen molar-refractivity contribution in [3.8, 4) is 5.69 Å². The number of halogens is 2. The third-order valence-corrected chi connectivity index (χ3v) is 4.75. The Morgan fingerprint density at radius 3 is 2.53 bits per heavy atom. The lowest BCUT2D eigenvalue weighted by molar-refractivity contribution is -0.118. The molecule has 0 radical (unpaired) electrons. The van der Waals surface area contributed by atoms with Crippen LogP contribution >= 0.6 is 11.6 Å². The second-order valence-electron chi connectivity index (χ2n) is 6.97. The lowest BCUT2D eigenvalue weighted by Crippen LogP contribution is -2.47. The SMILES string of the molecule is Cc1nnnn1-c1cc(NC(=O)C(NC(=O)c2ccccc2Cl)C(C)C)ccc1F. The van der Waals surface area contributed by atoms with Gasteiger partial charge in [0.1, 0.15) is 17.5 Å². The fraction of sp³-hybridized carbons (Fsp3) is 0.250. The van der Waals surface area contributed by atoms with Gasteiger partial charge in [-0.05, 0) is 53.6 Å². The molecule has 0 aliphatic carbocycles. The normalized spacial score (nSPS) is 11.9. The molecular weight excluding hydrogens is 411 g/mol. The van der Waals surface area contributed by atoms with Gasteiger partial charge in [-0.3, -0.25) is 9.59 Å². The number of hydrogen-bond acceptors (Lipinski definition) is 5. The van der Waals surface area contributed by atoms with E-state index in [0.717, 1.165) is 0 Å². The number of hydrogen-bond donors (Lipinski definition) is 2. The van der Waals surface area contributed by atoms with Gasteiger partial charge in [0.2, 0.25) is 5.91 Å². The van der Waals surface area contributed by atoms with E-state index in [1.807, 2.05) is 0 Å². The van der Waals surface area contributed by atoms with Gasteiger partial charge < -0.3 is 10.6 Å². The summed E-state index contributed by atoms with van der Waals surface area (Å²) in [7, 11) is 0. The monoisotopic (exact) mass is 430 g/mol. The second kappa shape index (κ2) is 9.00. The average Bonchev–Trinajstić information content (AvgIpc) is 3.13. The molecule has 0 saturated heterocycles. The topological polar surface area (TPSA) is 102 Å². The third-order valence-electron chi connectivity index (χ3n) is 4.42. The van der Waals surface area contributed by atoms with E-state index in [-0.39, 0.29) is 22.2 Å². The van der Waals surface area contributed by atoms with E-state index < -0.39 is 23.7 Å². The fourth-order valence-electron chi connectivity index (χ4n) is 2.83. The Morgan fingerprint density at radius 1 is 1.17 bits per heavy atom. The summed E-state index contributed by atoms with van der Waals surface area (Å²) < 4.78 is 15.5. The Hall–Kier alpha value is -3.33. The molecule has 30 heavy (non-hydrogen) atoms. The summed E-state index contributed by atoms with van der Waals surface area (Å²) in [6, 6.07) is 9.79. The van der Waals surface area contributed by atoms with Crippen LogP contribution in [0.1, 0.15) is 30.0 Å². The minimum absolute atomic E-state index is 0.0940. The Balaban J connectivity index is 1.80. The van der Waals surface area contributed by atoms with Crippen LogP contribution in [-0.4, -0.2) is 38.1 Å². The van der Waals surface area contributed by atoms with Crippen LogP contribution in [0.2, 0.25) is 5.02 Å². The number of nitrogens with one attached hydrogen (secondary N) is 2. The number of carbonyl (C=O) groups excluding carboxylic acids is 2. The number of nitrogens with zero attached hydrogens (tertiary/aromatic N) is 4. The van der Waals surface area contributed by atoms with Crippen LogP contribution in [0.4, 0.5) is 10.1 Å². The first-order valence-electron chi connectivity index (χ1n) is 9.19. The zero-order valence-corrected chi connectivity index (χ0v) is 17.3. The molecule has 2 aromatic carbocycles. The molecule has 1 aromatic heterocycles. The van der Waals surface area contributed by atoms with Gasteiger partial charge in [-0.1, -0.05) is 37.6 Å². The van der Waals surface area contributed by atoms with Crippen LogP contribution in [0.3, 0.4) is 0 Å². The number of aromatic nitrogens is 4. The smallest absolute Gasteiger partial charge is 0.253 e. The van der Waals surface area contributed by atoms with Crippen molar-refractivity contribution in [1.82, 2.24) is 25.5 Å². The molecule has 0 spiro atoms. The maximum atomic E-state index is 14.2. The van der Waals surface area contributed by atoms with Gasteiger partial charge in [0.15, 0.2) is 5.82 Å². The van der Waals surface area contributed by atoms with Gasteiger partial charge >= 0.3 is 0 Å². The first-order chi connectivity index (χ1) is 14.3. The number of amides is 2. The van der Waals surface area contributed by atoms with Crippen molar-refractivity contribution in [1.29, 1.82) is 0 Å². The summed E-state index contributed by atoms with van der Waals surface area (Å²) in [5.41, 5.74) is 0.705. The Labute approximate surface area is 177 Å². The highest BCUT2D eigenvalue weighted by molar-refractivity contribution is 6.33. The van der Waals surface area contributed by atoms with Gasteiger partial charge in [0.25, 0.3) is 5.91 Å². The lowest BCUT2D eigenvalue weighted by Gasteiger charge is -2.22. The van der Waals surface area contributed by atoms with E-state index in [0.29, 0.717) is 11.5 Å². The number of tetrazole rings is 1. The summed E-state index contributed by atoms with van der Waals surface area (Å²) >= 11 is 6.07. The first-order valence-corrected chi connectivity index (χ1v) is 9.57. The molecule has 1 unspecified atom stereocenters. The van der Waals surface area contributed by atoms with Gasteiger partial charge in [-0.25, -0.2) is 4.39 Å². The standard InChI is InChI=1S/C20H20ClFN6O2/c1-11(2)18(24-19(29)14-6-4-5-7-15(14)21)20(30)23-13-8-9-16(22)17(10-13)28-12(3)25-26-27-28/h4-11,18H,1-3H3,(H,23,30)(H,24,29). The highest BCUT2D eigenvalue weighted by Crippen LogP contribution is 2.20. The minimum Gasteiger partial charge on any atom is -0.340 e. The Morgan fingerprint density at radius 2 is 1.90 bits per heavy atom. The summed E-state index contributed by atoms with van der Waals surface area (Å²) in [4.78, 5) is 25.4. The number of rotatable bonds is 6. The number of benzene rings is 2. The fourth-order valence-corrected chi connectivity index (χ4v) is 3.05. The minimum atomic E-state index is -0.836. The molecule has 0 bridgehead atoms. The maximum Gasteiger partial charge on any atom is 0.253 e. The second-order valence-corrected chi connectivity index (χ2v) is 7.38. The first kappa shape index (κ1) is 21.4. The quantitative estimate of drug-likeness (QED) is 0.625. The molecule has 1 heterocycles. The van der Waals surface area contributed by atoms with E-state index in [9.17, 15) is 14.0 Å². The van der Waals surface area contributed by atoms with E-state index in [1.165, 1.54) is 22.9 Å². The van der Waals surface area contributed by atoms with Crippen LogP contribution in [0.25, 0.3) is 5.69 Å². The molecule has 156 valence electrons. The molecule has 0 fully saturated rings.